The molecular weight excluding hydrogens is 240 g/mol. The SMILES string of the molecule is CCCCCCC(C)Nc1nnc(C(C)NCC)o1. The Morgan fingerprint density at radius 3 is 2.58 bits per heavy atom. The van der Waals surface area contributed by atoms with Crippen LogP contribution in [0.1, 0.15) is 71.7 Å². The summed E-state index contributed by atoms with van der Waals surface area (Å²) in [5, 5.41) is 14.6. The molecule has 1 rings (SSSR count). The monoisotopic (exact) mass is 268 g/mol. The lowest BCUT2D eigenvalue weighted by molar-refractivity contribution is 0.425. The number of nitrogens with one attached hydrogen (secondary N) is 2. The summed E-state index contributed by atoms with van der Waals surface area (Å²) in [5.41, 5.74) is 0. The van der Waals surface area contributed by atoms with Gasteiger partial charge in [-0.2, -0.15) is 0 Å². The van der Waals surface area contributed by atoms with Crippen molar-refractivity contribution >= 4 is 6.01 Å². The minimum Gasteiger partial charge on any atom is -0.406 e. The van der Waals surface area contributed by atoms with E-state index in [1.165, 1.54) is 25.7 Å². The van der Waals surface area contributed by atoms with Crippen LogP contribution in [0.25, 0.3) is 0 Å². The van der Waals surface area contributed by atoms with Crippen molar-refractivity contribution in [2.24, 2.45) is 0 Å². The second kappa shape index (κ2) is 8.91. The van der Waals surface area contributed by atoms with E-state index in [2.05, 4.69) is 41.6 Å². The Balaban J connectivity index is 2.32. The number of anilines is 1. The fourth-order valence-corrected chi connectivity index (χ4v) is 2.02. The molecule has 0 bridgehead atoms. The van der Waals surface area contributed by atoms with Gasteiger partial charge in [-0.25, -0.2) is 0 Å². The lowest BCUT2D eigenvalue weighted by Gasteiger charge is -2.11. The minimum atomic E-state index is 0.105. The highest BCUT2D eigenvalue weighted by atomic mass is 16.4. The fraction of sp³-hybridized carbons (Fsp3) is 0.857. The molecule has 0 aromatic carbocycles. The molecule has 0 fully saturated rings. The number of unbranched alkanes of at least 4 members (excludes halogenated alkanes) is 3. The molecule has 0 spiro atoms. The molecular formula is C14H28N4O. The number of nitrogens with zero attached hydrogens (tertiary/aromatic N) is 2. The van der Waals surface area contributed by atoms with Crippen LogP contribution in [-0.2, 0) is 0 Å². The highest BCUT2D eigenvalue weighted by molar-refractivity contribution is 5.19. The zero-order valence-corrected chi connectivity index (χ0v) is 12.7. The molecule has 19 heavy (non-hydrogen) atoms. The lowest BCUT2D eigenvalue weighted by atomic mass is 10.1. The summed E-state index contributed by atoms with van der Waals surface area (Å²) in [6.07, 6.45) is 6.28. The molecule has 0 amide bonds. The first-order valence-corrected chi connectivity index (χ1v) is 7.50. The maximum atomic E-state index is 5.60. The van der Waals surface area contributed by atoms with Crippen LogP contribution in [-0.4, -0.2) is 22.8 Å². The second-order valence-electron chi connectivity index (χ2n) is 5.12. The Bertz CT molecular complexity index is 340. The molecule has 0 aliphatic carbocycles. The molecule has 1 aromatic rings. The fourth-order valence-electron chi connectivity index (χ4n) is 2.02. The molecule has 0 aliphatic heterocycles. The van der Waals surface area contributed by atoms with Gasteiger partial charge in [0, 0.05) is 6.04 Å². The van der Waals surface area contributed by atoms with Gasteiger partial charge >= 0.3 is 6.01 Å². The molecule has 0 radical (unpaired) electrons. The van der Waals surface area contributed by atoms with Crippen molar-refractivity contribution in [2.45, 2.75) is 71.9 Å². The summed E-state index contributed by atoms with van der Waals surface area (Å²) in [5.74, 6) is 0.641. The summed E-state index contributed by atoms with van der Waals surface area (Å²) in [4.78, 5) is 0. The third kappa shape index (κ3) is 6.05. The molecule has 1 heterocycles. The van der Waals surface area contributed by atoms with Crippen LogP contribution in [0.5, 0.6) is 0 Å². The average Bonchev–Trinajstić information content (AvgIpc) is 2.83. The Labute approximate surface area is 116 Å². The van der Waals surface area contributed by atoms with Crippen LogP contribution in [0.3, 0.4) is 0 Å². The van der Waals surface area contributed by atoms with Gasteiger partial charge in [0.2, 0.25) is 5.89 Å². The van der Waals surface area contributed by atoms with Crippen molar-refractivity contribution in [1.82, 2.24) is 15.5 Å². The molecule has 2 unspecified atom stereocenters. The standard InChI is InChI=1S/C14H28N4O/c1-5-7-8-9-10-11(3)16-14-18-17-13(19-14)12(4)15-6-2/h11-12,15H,5-10H2,1-4H3,(H,16,18). The van der Waals surface area contributed by atoms with Crippen molar-refractivity contribution in [2.75, 3.05) is 11.9 Å². The first kappa shape index (κ1) is 16.0. The Morgan fingerprint density at radius 1 is 1.11 bits per heavy atom. The zero-order chi connectivity index (χ0) is 14.1. The molecule has 2 N–H and O–H groups in total. The highest BCUT2D eigenvalue weighted by Crippen LogP contribution is 2.15. The Kier molecular flexibility index (Phi) is 7.48. The number of hydrogen-bond donors (Lipinski definition) is 2. The van der Waals surface area contributed by atoms with Crippen LogP contribution in [0, 0.1) is 0 Å². The van der Waals surface area contributed by atoms with Gasteiger partial charge in [0.15, 0.2) is 0 Å². The van der Waals surface area contributed by atoms with E-state index in [1.807, 2.05) is 6.92 Å². The van der Waals surface area contributed by atoms with Crippen molar-refractivity contribution in [3.8, 4) is 0 Å². The maximum Gasteiger partial charge on any atom is 0.315 e. The molecule has 1 aromatic heterocycles. The van der Waals surface area contributed by atoms with E-state index < -0.39 is 0 Å². The molecule has 0 saturated carbocycles. The van der Waals surface area contributed by atoms with Gasteiger partial charge in [-0.1, -0.05) is 44.6 Å². The maximum absolute atomic E-state index is 5.60. The van der Waals surface area contributed by atoms with E-state index in [9.17, 15) is 0 Å². The number of aromatic nitrogens is 2. The topological polar surface area (TPSA) is 63.0 Å². The zero-order valence-electron chi connectivity index (χ0n) is 12.7. The Morgan fingerprint density at radius 2 is 1.89 bits per heavy atom. The van der Waals surface area contributed by atoms with Gasteiger partial charge < -0.3 is 15.1 Å². The minimum absolute atomic E-state index is 0.105. The molecule has 2 atom stereocenters. The smallest absolute Gasteiger partial charge is 0.315 e. The van der Waals surface area contributed by atoms with Gasteiger partial charge in [-0.05, 0) is 26.8 Å². The predicted molar refractivity (Wildman–Crippen MR) is 78.2 cm³/mol. The van der Waals surface area contributed by atoms with E-state index >= 15 is 0 Å². The van der Waals surface area contributed by atoms with E-state index in [1.54, 1.807) is 0 Å². The molecule has 5 heteroatoms. The summed E-state index contributed by atoms with van der Waals surface area (Å²) in [6.45, 7) is 9.36. The van der Waals surface area contributed by atoms with Crippen molar-refractivity contribution < 1.29 is 4.42 Å². The van der Waals surface area contributed by atoms with Crippen LogP contribution in [0.4, 0.5) is 6.01 Å². The normalized spacial score (nSPS) is 14.3. The van der Waals surface area contributed by atoms with E-state index in [0.717, 1.165) is 13.0 Å². The second-order valence-corrected chi connectivity index (χ2v) is 5.12. The van der Waals surface area contributed by atoms with E-state index in [-0.39, 0.29) is 6.04 Å². The molecule has 110 valence electrons. The van der Waals surface area contributed by atoms with Crippen LogP contribution < -0.4 is 10.6 Å². The van der Waals surface area contributed by atoms with Gasteiger partial charge in [0.05, 0.1) is 6.04 Å². The van der Waals surface area contributed by atoms with E-state index in [4.69, 9.17) is 4.42 Å². The predicted octanol–water partition coefficient (Wildman–Crippen LogP) is 3.51. The van der Waals surface area contributed by atoms with Gasteiger partial charge in [-0.15, -0.1) is 5.10 Å². The Hall–Kier alpha value is -1.10. The van der Waals surface area contributed by atoms with Gasteiger partial charge in [-0.3, -0.25) is 0 Å². The van der Waals surface area contributed by atoms with Crippen molar-refractivity contribution in [1.29, 1.82) is 0 Å². The summed E-state index contributed by atoms with van der Waals surface area (Å²) in [7, 11) is 0. The quantitative estimate of drug-likeness (QED) is 0.636. The van der Waals surface area contributed by atoms with Gasteiger partial charge in [0.25, 0.3) is 0 Å². The largest absolute Gasteiger partial charge is 0.406 e. The van der Waals surface area contributed by atoms with E-state index in [0.29, 0.717) is 17.9 Å². The summed E-state index contributed by atoms with van der Waals surface area (Å²) in [6, 6.07) is 1.01. The molecule has 0 aliphatic rings. The number of hydrogen-bond acceptors (Lipinski definition) is 5. The lowest BCUT2D eigenvalue weighted by Crippen LogP contribution is -2.18. The molecule has 5 nitrogen and oxygen atoms in total. The van der Waals surface area contributed by atoms with Crippen LogP contribution in [0.15, 0.2) is 4.42 Å². The van der Waals surface area contributed by atoms with Crippen LogP contribution in [0.2, 0.25) is 0 Å². The number of rotatable bonds is 10. The molecule has 0 saturated heterocycles. The summed E-state index contributed by atoms with van der Waals surface area (Å²) < 4.78 is 5.60. The first-order valence-electron chi connectivity index (χ1n) is 7.50. The third-order valence-corrected chi connectivity index (χ3v) is 3.18. The van der Waals surface area contributed by atoms with Crippen molar-refractivity contribution in [3.05, 3.63) is 5.89 Å². The summed E-state index contributed by atoms with van der Waals surface area (Å²) >= 11 is 0. The van der Waals surface area contributed by atoms with Gasteiger partial charge in [0.1, 0.15) is 0 Å². The van der Waals surface area contributed by atoms with Crippen LogP contribution >= 0.6 is 0 Å². The first-order chi connectivity index (χ1) is 9.17. The highest BCUT2D eigenvalue weighted by Gasteiger charge is 2.13. The average molecular weight is 268 g/mol. The van der Waals surface area contributed by atoms with Crippen molar-refractivity contribution in [3.63, 3.8) is 0 Å². The third-order valence-electron chi connectivity index (χ3n) is 3.18.